The number of rotatable bonds is 40. The summed E-state index contributed by atoms with van der Waals surface area (Å²) in [6, 6.07) is 0. The summed E-state index contributed by atoms with van der Waals surface area (Å²) in [4.78, 5) is 35.0. The molecule has 0 aromatic carbocycles. The number of aliphatic hydroxyl groups excluding tert-OH is 4. The van der Waals surface area contributed by atoms with E-state index in [4.69, 9.17) is 19.1 Å². The fourth-order valence-electron chi connectivity index (χ4n) is 5.77. The van der Waals surface area contributed by atoms with Crippen LogP contribution in [0.2, 0.25) is 0 Å². The third kappa shape index (κ3) is 36.5. The number of hydrogen-bond donors (Lipinski definition) is 5. The molecule has 13 heteroatoms. The number of phosphoric acid groups is 1. The Hall–Kier alpha value is -1.63. The summed E-state index contributed by atoms with van der Waals surface area (Å²) in [6.45, 7) is 2.13. The highest BCUT2D eigenvalue weighted by Gasteiger charge is 2.27. The van der Waals surface area contributed by atoms with Gasteiger partial charge in [-0.15, -0.1) is 0 Å². The highest BCUT2D eigenvalue weighted by Crippen LogP contribution is 2.43. The molecule has 0 fully saturated rings. The van der Waals surface area contributed by atoms with Crippen molar-refractivity contribution in [3.63, 3.8) is 0 Å². The van der Waals surface area contributed by atoms with Crippen LogP contribution < -0.4 is 0 Å². The molecule has 0 saturated carbocycles. The van der Waals surface area contributed by atoms with E-state index in [-0.39, 0.29) is 19.4 Å². The van der Waals surface area contributed by atoms with Gasteiger partial charge in [0.2, 0.25) is 0 Å². The Labute approximate surface area is 333 Å². The molecular formula is C42H79O12P. The van der Waals surface area contributed by atoms with Crippen LogP contribution in [0.4, 0.5) is 0 Å². The number of hydrogen-bond acceptors (Lipinski definition) is 11. The van der Waals surface area contributed by atoms with E-state index in [1.807, 2.05) is 6.08 Å². The lowest BCUT2D eigenvalue weighted by Gasteiger charge is -2.20. The Morgan fingerprint density at radius 2 is 1.05 bits per heavy atom. The van der Waals surface area contributed by atoms with E-state index in [9.17, 15) is 34.4 Å². The van der Waals surface area contributed by atoms with Crippen molar-refractivity contribution in [2.24, 2.45) is 0 Å². The molecule has 0 aliphatic heterocycles. The summed E-state index contributed by atoms with van der Waals surface area (Å²) in [5.74, 6) is -1.04. The van der Waals surface area contributed by atoms with E-state index < -0.39 is 64.0 Å². The molecule has 5 atom stereocenters. The van der Waals surface area contributed by atoms with Gasteiger partial charge >= 0.3 is 19.8 Å². The van der Waals surface area contributed by atoms with Crippen molar-refractivity contribution in [2.45, 2.75) is 205 Å². The SMILES string of the molecule is CCCCC/C=C\C[C@@H](O)[C@H](O)CCCCCCCC(=O)OC[C@H](COP(=O)(O)OC[C@@H](O)CO)OC(=O)CCCCCCC/C=C\CCCCCCCC. The predicted octanol–water partition coefficient (Wildman–Crippen LogP) is 8.94. The van der Waals surface area contributed by atoms with Crippen molar-refractivity contribution in [1.82, 2.24) is 0 Å². The Morgan fingerprint density at radius 1 is 0.582 bits per heavy atom. The Morgan fingerprint density at radius 3 is 1.65 bits per heavy atom. The van der Waals surface area contributed by atoms with Gasteiger partial charge in [0.15, 0.2) is 6.10 Å². The van der Waals surface area contributed by atoms with Crippen LogP contribution in [0.25, 0.3) is 0 Å². The van der Waals surface area contributed by atoms with Crippen molar-refractivity contribution in [1.29, 1.82) is 0 Å². The highest BCUT2D eigenvalue weighted by atomic mass is 31.2. The number of allylic oxidation sites excluding steroid dienone is 3. The monoisotopic (exact) mass is 807 g/mol. The lowest BCUT2D eigenvalue weighted by atomic mass is 10.0. The molecule has 0 amide bonds. The van der Waals surface area contributed by atoms with Crippen LogP contribution in [0.1, 0.15) is 181 Å². The number of esters is 2. The van der Waals surface area contributed by atoms with Gasteiger partial charge in [0.25, 0.3) is 0 Å². The first-order valence-corrected chi connectivity index (χ1v) is 23.0. The number of phosphoric ester groups is 1. The largest absolute Gasteiger partial charge is 0.472 e. The van der Waals surface area contributed by atoms with Crippen LogP contribution in [0.3, 0.4) is 0 Å². The second-order valence-electron chi connectivity index (χ2n) is 14.7. The summed E-state index contributed by atoms with van der Waals surface area (Å²) < 4.78 is 32.6. The van der Waals surface area contributed by atoms with E-state index in [2.05, 4.69) is 36.6 Å². The van der Waals surface area contributed by atoms with Gasteiger partial charge in [0.1, 0.15) is 12.7 Å². The molecule has 1 unspecified atom stereocenters. The van der Waals surface area contributed by atoms with E-state index in [0.717, 1.165) is 77.0 Å². The zero-order chi connectivity index (χ0) is 40.8. The minimum Gasteiger partial charge on any atom is -0.462 e. The maximum Gasteiger partial charge on any atom is 0.472 e. The number of carbonyl (C=O) groups excluding carboxylic acids is 2. The van der Waals surface area contributed by atoms with Crippen LogP contribution in [0.5, 0.6) is 0 Å². The van der Waals surface area contributed by atoms with Gasteiger partial charge in [-0.3, -0.25) is 18.6 Å². The summed E-state index contributed by atoms with van der Waals surface area (Å²) >= 11 is 0. The number of carbonyl (C=O) groups is 2. The van der Waals surface area contributed by atoms with Crippen LogP contribution in [-0.2, 0) is 32.7 Å². The van der Waals surface area contributed by atoms with E-state index in [1.54, 1.807) is 0 Å². The standard InChI is InChI=1S/C42H79O12P/c1-3-5-7-9-11-12-13-14-15-16-17-18-19-23-28-32-42(48)54-38(36-53-55(49,50)52-34-37(44)33-43)35-51-41(47)31-27-24-20-22-26-30-40(46)39(45)29-25-21-10-8-6-4-2/h14-15,21,25,37-40,43-46H,3-13,16-20,22-24,26-36H2,1-2H3,(H,49,50)/b15-14-,25-21-/t37-,38+,39+,40+/m0/s1. The average molecular weight is 807 g/mol. The third-order valence-electron chi connectivity index (χ3n) is 9.28. The summed E-state index contributed by atoms with van der Waals surface area (Å²) in [5.41, 5.74) is 0. The molecule has 0 aliphatic rings. The first-order valence-electron chi connectivity index (χ1n) is 21.5. The van der Waals surface area contributed by atoms with Crippen molar-refractivity contribution in [3.8, 4) is 0 Å². The topological polar surface area (TPSA) is 189 Å². The summed E-state index contributed by atoms with van der Waals surface area (Å²) in [5, 5.41) is 38.7. The Balaban J connectivity index is 4.43. The molecule has 12 nitrogen and oxygen atoms in total. The van der Waals surface area contributed by atoms with Gasteiger partial charge in [-0.1, -0.05) is 128 Å². The van der Waals surface area contributed by atoms with Crippen molar-refractivity contribution >= 4 is 19.8 Å². The maximum absolute atomic E-state index is 12.6. The van der Waals surface area contributed by atoms with Gasteiger partial charge in [-0.05, 0) is 64.2 Å². The molecule has 0 bridgehead atoms. The fraction of sp³-hybridized carbons (Fsp3) is 0.857. The van der Waals surface area contributed by atoms with Crippen molar-refractivity contribution in [2.75, 3.05) is 26.4 Å². The minimum absolute atomic E-state index is 0.142. The van der Waals surface area contributed by atoms with Crippen LogP contribution in [0, 0.1) is 0 Å². The molecule has 0 rings (SSSR count). The minimum atomic E-state index is -4.65. The second kappa shape index (κ2) is 37.9. The second-order valence-corrected chi connectivity index (χ2v) is 16.1. The molecule has 0 heterocycles. The van der Waals surface area contributed by atoms with Crippen molar-refractivity contribution in [3.05, 3.63) is 24.3 Å². The van der Waals surface area contributed by atoms with E-state index >= 15 is 0 Å². The zero-order valence-corrected chi connectivity index (χ0v) is 35.3. The lowest BCUT2D eigenvalue weighted by molar-refractivity contribution is -0.161. The van der Waals surface area contributed by atoms with Crippen LogP contribution in [-0.4, -0.2) is 88.1 Å². The van der Waals surface area contributed by atoms with Crippen molar-refractivity contribution < 1.29 is 58.0 Å². The van der Waals surface area contributed by atoms with Gasteiger partial charge < -0.3 is 34.8 Å². The smallest absolute Gasteiger partial charge is 0.462 e. The highest BCUT2D eigenvalue weighted by molar-refractivity contribution is 7.47. The van der Waals surface area contributed by atoms with E-state index in [1.165, 1.54) is 51.4 Å². The van der Waals surface area contributed by atoms with Gasteiger partial charge in [0.05, 0.1) is 32.0 Å². The molecule has 0 radical (unpaired) electrons. The predicted molar refractivity (Wildman–Crippen MR) is 217 cm³/mol. The number of unbranched alkanes of at least 4 members (excludes halogenated alkanes) is 18. The molecule has 0 spiro atoms. The van der Waals surface area contributed by atoms with E-state index in [0.29, 0.717) is 25.7 Å². The number of aliphatic hydroxyl groups is 4. The van der Waals surface area contributed by atoms with Gasteiger partial charge in [0, 0.05) is 12.8 Å². The summed E-state index contributed by atoms with van der Waals surface area (Å²) in [6.07, 6.45) is 28.8. The molecule has 0 aromatic heterocycles. The zero-order valence-electron chi connectivity index (χ0n) is 34.4. The van der Waals surface area contributed by atoms with Gasteiger partial charge in [-0.25, -0.2) is 4.57 Å². The summed E-state index contributed by atoms with van der Waals surface area (Å²) in [7, 11) is -4.65. The van der Waals surface area contributed by atoms with Gasteiger partial charge in [-0.2, -0.15) is 0 Å². The van der Waals surface area contributed by atoms with Crippen LogP contribution >= 0.6 is 7.82 Å². The molecular weight excluding hydrogens is 727 g/mol. The first kappa shape index (κ1) is 53.4. The fourth-order valence-corrected chi connectivity index (χ4v) is 6.56. The molecule has 0 aromatic rings. The molecule has 0 aliphatic carbocycles. The normalized spacial score (nSPS) is 15.3. The Bertz CT molecular complexity index is 1010. The number of ether oxygens (including phenoxy) is 2. The quantitative estimate of drug-likeness (QED) is 0.0171. The lowest BCUT2D eigenvalue weighted by Crippen LogP contribution is -2.29. The molecule has 324 valence electrons. The molecule has 0 saturated heterocycles. The average Bonchev–Trinajstić information content (AvgIpc) is 3.17. The first-order chi connectivity index (χ1) is 26.5. The van der Waals surface area contributed by atoms with Crippen LogP contribution in [0.15, 0.2) is 24.3 Å². The third-order valence-corrected chi connectivity index (χ3v) is 10.2. The molecule has 5 N–H and O–H groups in total. The Kier molecular flexibility index (Phi) is 36.8. The molecule has 55 heavy (non-hydrogen) atoms. The maximum atomic E-state index is 12.6.